The first kappa shape index (κ1) is 6.13. The highest BCUT2D eigenvalue weighted by atomic mass is 31.0. The van der Waals surface area contributed by atoms with Crippen LogP contribution in [0.5, 0.6) is 0 Å². The molecule has 0 fully saturated rings. The molecule has 0 aliphatic carbocycles. The zero-order chi connectivity index (χ0) is 4.99. The lowest BCUT2D eigenvalue weighted by Crippen LogP contribution is -2.00. The van der Waals surface area contributed by atoms with Crippen molar-refractivity contribution < 1.29 is 0 Å². The summed E-state index contributed by atoms with van der Waals surface area (Å²) in [7, 11) is 4.52. The van der Waals surface area contributed by atoms with Crippen molar-refractivity contribution in [1.29, 1.82) is 0 Å². The van der Waals surface area contributed by atoms with Gasteiger partial charge in [0, 0.05) is 6.54 Å². The van der Waals surface area contributed by atoms with E-state index in [2.05, 4.69) is 16.0 Å². The Morgan fingerprint density at radius 2 is 2.50 bits per heavy atom. The molecule has 0 amide bonds. The van der Waals surface area contributed by atoms with Crippen molar-refractivity contribution in [1.82, 2.24) is 4.67 Å². The summed E-state index contributed by atoms with van der Waals surface area (Å²) >= 11 is 0. The average molecular weight is 103 g/mol. The molecule has 0 aliphatic rings. The Kier molecular flexibility index (Phi) is 3.40. The van der Waals surface area contributed by atoms with Gasteiger partial charge in [-0.05, 0) is 7.05 Å². The minimum absolute atomic E-state index is 0.935. The fourth-order valence-corrected chi connectivity index (χ4v) is 0.353. The first-order chi connectivity index (χ1) is 2.77. The van der Waals surface area contributed by atoms with Crippen LogP contribution in [0.3, 0.4) is 0 Å². The molecule has 0 heterocycles. The van der Waals surface area contributed by atoms with Crippen molar-refractivity contribution in [2.45, 2.75) is 0 Å². The smallest absolute Gasteiger partial charge is 0.0191 e. The fourth-order valence-electron chi connectivity index (χ4n) is 0.204. The summed E-state index contributed by atoms with van der Waals surface area (Å²) in [5.74, 6) is 0. The van der Waals surface area contributed by atoms with Crippen LogP contribution in [0.1, 0.15) is 0 Å². The van der Waals surface area contributed by atoms with Gasteiger partial charge in [-0.3, -0.25) is 4.67 Å². The van der Waals surface area contributed by atoms with E-state index in [9.17, 15) is 0 Å². The van der Waals surface area contributed by atoms with Gasteiger partial charge in [-0.2, -0.15) is 0 Å². The molecule has 2 heteroatoms. The van der Waals surface area contributed by atoms with Crippen LogP contribution in [0.15, 0.2) is 12.7 Å². The number of rotatable bonds is 2. The Morgan fingerprint density at radius 1 is 2.00 bits per heavy atom. The van der Waals surface area contributed by atoms with Crippen LogP contribution in [0.2, 0.25) is 0 Å². The van der Waals surface area contributed by atoms with Crippen LogP contribution in [0.4, 0.5) is 0 Å². The molecule has 0 aliphatic heterocycles. The second-order valence-corrected chi connectivity index (χ2v) is 2.11. The van der Waals surface area contributed by atoms with Crippen LogP contribution in [-0.2, 0) is 0 Å². The lowest BCUT2D eigenvalue weighted by Gasteiger charge is -2.00. The molecule has 0 saturated carbocycles. The summed E-state index contributed by atoms with van der Waals surface area (Å²) in [6.07, 6.45) is 1.85. The molecule has 0 N–H and O–H groups in total. The predicted octanol–water partition coefficient (Wildman–Crippen LogP) is 0.894. The van der Waals surface area contributed by atoms with Crippen LogP contribution in [0.25, 0.3) is 0 Å². The highest BCUT2D eigenvalue weighted by Crippen LogP contribution is 1.88. The Balaban J connectivity index is 2.81. The Hall–Kier alpha value is 0.130. The predicted molar refractivity (Wildman–Crippen MR) is 32.5 cm³/mol. The van der Waals surface area contributed by atoms with Gasteiger partial charge >= 0.3 is 0 Å². The Morgan fingerprint density at radius 3 is 2.50 bits per heavy atom. The molecule has 0 bridgehead atoms. The molecular formula is C4H10NP. The molecule has 0 saturated heterocycles. The van der Waals surface area contributed by atoms with Gasteiger partial charge in [0.2, 0.25) is 0 Å². The molecular weight excluding hydrogens is 93.0 g/mol. The minimum Gasteiger partial charge on any atom is -0.287 e. The zero-order valence-electron chi connectivity index (χ0n) is 4.02. The lowest BCUT2D eigenvalue weighted by atomic mass is 10.6. The number of nitrogens with zero attached hydrogens (tertiary/aromatic N) is 1. The van der Waals surface area contributed by atoms with Gasteiger partial charge in [-0.1, -0.05) is 15.5 Å². The first-order valence-corrected chi connectivity index (χ1v) is 2.35. The molecule has 0 aromatic carbocycles. The van der Waals surface area contributed by atoms with E-state index in [4.69, 9.17) is 0 Å². The van der Waals surface area contributed by atoms with Crippen molar-refractivity contribution in [2.24, 2.45) is 0 Å². The van der Waals surface area contributed by atoms with Crippen LogP contribution >= 0.6 is 9.39 Å². The van der Waals surface area contributed by atoms with Crippen molar-refractivity contribution >= 4 is 9.39 Å². The van der Waals surface area contributed by atoms with E-state index in [1.54, 1.807) is 0 Å². The monoisotopic (exact) mass is 103 g/mol. The summed E-state index contributed by atoms with van der Waals surface area (Å²) in [6.45, 7) is 4.48. The topological polar surface area (TPSA) is 3.24 Å². The summed E-state index contributed by atoms with van der Waals surface area (Å²) < 4.78 is 1.98. The Bertz CT molecular complexity index is 42.8. The third-order valence-electron chi connectivity index (χ3n) is 0.417. The van der Waals surface area contributed by atoms with Crippen molar-refractivity contribution in [3.8, 4) is 0 Å². The van der Waals surface area contributed by atoms with Gasteiger partial charge in [0.05, 0.1) is 0 Å². The second kappa shape index (κ2) is 3.32. The normalized spacial score (nSPS) is 9.17. The summed E-state index contributed by atoms with van der Waals surface area (Å²) in [5.41, 5.74) is 0. The number of hydrogen-bond acceptors (Lipinski definition) is 1. The first-order valence-electron chi connectivity index (χ1n) is 1.84. The highest BCUT2D eigenvalue weighted by Gasteiger charge is 1.75. The molecule has 1 atom stereocenters. The van der Waals surface area contributed by atoms with Crippen LogP contribution in [0, 0.1) is 0 Å². The molecule has 36 valence electrons. The van der Waals surface area contributed by atoms with E-state index in [0.29, 0.717) is 0 Å². The molecule has 0 rings (SSSR count). The van der Waals surface area contributed by atoms with Crippen molar-refractivity contribution in [2.75, 3.05) is 13.6 Å². The van der Waals surface area contributed by atoms with E-state index >= 15 is 0 Å². The van der Waals surface area contributed by atoms with Crippen LogP contribution < -0.4 is 0 Å². The van der Waals surface area contributed by atoms with E-state index in [1.165, 1.54) is 0 Å². The number of hydrogen-bond donors (Lipinski definition) is 0. The molecule has 0 aromatic rings. The highest BCUT2D eigenvalue weighted by molar-refractivity contribution is 7.13. The van der Waals surface area contributed by atoms with Gasteiger partial charge in [-0.25, -0.2) is 0 Å². The maximum absolute atomic E-state index is 3.55. The molecule has 0 aromatic heterocycles. The third kappa shape index (κ3) is 4.13. The van der Waals surface area contributed by atoms with Gasteiger partial charge < -0.3 is 0 Å². The molecule has 1 nitrogen and oxygen atoms in total. The zero-order valence-corrected chi connectivity index (χ0v) is 5.17. The third-order valence-corrected chi connectivity index (χ3v) is 0.628. The maximum atomic E-state index is 3.55. The molecule has 0 spiro atoms. The minimum atomic E-state index is 0.935. The largest absolute Gasteiger partial charge is 0.287 e. The van der Waals surface area contributed by atoms with E-state index < -0.39 is 0 Å². The van der Waals surface area contributed by atoms with E-state index in [1.807, 2.05) is 17.8 Å². The van der Waals surface area contributed by atoms with Gasteiger partial charge in [0.1, 0.15) is 0 Å². The lowest BCUT2D eigenvalue weighted by molar-refractivity contribution is 0.636. The molecule has 6 heavy (non-hydrogen) atoms. The summed E-state index contributed by atoms with van der Waals surface area (Å²) in [4.78, 5) is 0. The van der Waals surface area contributed by atoms with Crippen LogP contribution in [-0.4, -0.2) is 18.3 Å². The fraction of sp³-hybridized carbons (Fsp3) is 0.500. The van der Waals surface area contributed by atoms with Crippen molar-refractivity contribution in [3.05, 3.63) is 12.7 Å². The van der Waals surface area contributed by atoms with Gasteiger partial charge in [0.25, 0.3) is 0 Å². The quantitative estimate of drug-likeness (QED) is 0.370. The van der Waals surface area contributed by atoms with Crippen molar-refractivity contribution in [3.63, 3.8) is 0 Å². The molecule has 1 unspecified atom stereocenters. The summed E-state index contributed by atoms with van der Waals surface area (Å²) in [6, 6.07) is 0. The average Bonchev–Trinajstić information content (AvgIpc) is 1.35. The molecule has 0 radical (unpaired) electrons. The maximum Gasteiger partial charge on any atom is 0.0191 e. The standard InChI is InChI=1S/C4H10NP/c1-3-4-5(2)6/h3H,1,4,6H2,2H3. The van der Waals surface area contributed by atoms with Gasteiger partial charge in [-0.15, -0.1) is 6.58 Å². The second-order valence-electron chi connectivity index (χ2n) is 1.23. The van der Waals surface area contributed by atoms with Gasteiger partial charge in [0.15, 0.2) is 0 Å². The Labute approximate surface area is 41.3 Å². The SMILES string of the molecule is C=CCN(C)P. The van der Waals surface area contributed by atoms with E-state index in [0.717, 1.165) is 6.54 Å². The number of likely N-dealkylation sites (N-methyl/N-ethyl adjacent to an activating group) is 1. The summed E-state index contributed by atoms with van der Waals surface area (Å²) in [5, 5.41) is 0. The van der Waals surface area contributed by atoms with E-state index in [-0.39, 0.29) is 0 Å².